The zero-order valence-corrected chi connectivity index (χ0v) is 13.3. The van der Waals surface area contributed by atoms with Gasteiger partial charge in [0.1, 0.15) is 4.90 Å². The molecule has 0 unspecified atom stereocenters. The molecule has 0 amide bonds. The largest absolute Gasteiger partial charge is 0.398 e. The van der Waals surface area contributed by atoms with Crippen LogP contribution in [0.1, 0.15) is 22.3 Å². The molecule has 21 heavy (non-hydrogen) atoms. The van der Waals surface area contributed by atoms with Crippen LogP contribution in [-0.2, 0) is 16.6 Å². The number of nitrogens with two attached hydrogens (primary N) is 1. The van der Waals surface area contributed by atoms with Crippen molar-refractivity contribution in [2.24, 2.45) is 0 Å². The molecular formula is C16H20N2O2S. The molecule has 0 aliphatic carbocycles. The molecule has 0 bridgehead atoms. The Morgan fingerprint density at radius 1 is 1.00 bits per heavy atom. The van der Waals surface area contributed by atoms with E-state index in [0.717, 1.165) is 22.3 Å². The van der Waals surface area contributed by atoms with E-state index in [1.807, 2.05) is 45.0 Å². The zero-order chi connectivity index (χ0) is 15.6. The lowest BCUT2D eigenvalue weighted by Gasteiger charge is -2.12. The van der Waals surface area contributed by atoms with Gasteiger partial charge >= 0.3 is 0 Å². The molecule has 112 valence electrons. The highest BCUT2D eigenvalue weighted by Gasteiger charge is 2.18. The predicted octanol–water partition coefficient (Wildman–Crippen LogP) is 2.67. The van der Waals surface area contributed by atoms with Gasteiger partial charge in [-0.05, 0) is 55.2 Å². The van der Waals surface area contributed by atoms with E-state index in [2.05, 4.69) is 4.72 Å². The van der Waals surface area contributed by atoms with Gasteiger partial charge in [-0.25, -0.2) is 13.1 Å². The molecular weight excluding hydrogens is 284 g/mol. The second-order valence-electron chi connectivity index (χ2n) is 5.23. The van der Waals surface area contributed by atoms with E-state index < -0.39 is 10.0 Å². The normalized spacial score (nSPS) is 11.6. The smallest absolute Gasteiger partial charge is 0.242 e. The number of aryl methyl sites for hydroxylation is 3. The first kappa shape index (κ1) is 15.5. The van der Waals surface area contributed by atoms with Crippen LogP contribution in [-0.4, -0.2) is 8.42 Å². The molecule has 3 N–H and O–H groups in total. The van der Waals surface area contributed by atoms with Gasteiger partial charge in [-0.1, -0.05) is 24.3 Å². The van der Waals surface area contributed by atoms with E-state index in [9.17, 15) is 8.42 Å². The van der Waals surface area contributed by atoms with Crippen molar-refractivity contribution in [2.45, 2.75) is 32.2 Å². The molecule has 0 aliphatic heterocycles. The van der Waals surface area contributed by atoms with Gasteiger partial charge < -0.3 is 5.73 Å². The fraction of sp³-hybridized carbons (Fsp3) is 0.250. The number of anilines is 1. The third-order valence-corrected chi connectivity index (χ3v) is 5.09. The van der Waals surface area contributed by atoms with E-state index in [0.29, 0.717) is 0 Å². The van der Waals surface area contributed by atoms with Gasteiger partial charge in [-0.2, -0.15) is 0 Å². The molecule has 0 atom stereocenters. The number of benzene rings is 2. The molecule has 0 aliphatic rings. The quantitative estimate of drug-likeness (QED) is 0.853. The van der Waals surface area contributed by atoms with E-state index in [1.54, 1.807) is 12.1 Å². The Hall–Kier alpha value is -1.85. The van der Waals surface area contributed by atoms with Crippen LogP contribution in [0.25, 0.3) is 0 Å². The third-order valence-electron chi connectivity index (χ3n) is 3.63. The van der Waals surface area contributed by atoms with Crippen LogP contribution in [0, 0.1) is 20.8 Å². The Morgan fingerprint density at radius 3 is 2.29 bits per heavy atom. The average Bonchev–Trinajstić information content (AvgIpc) is 2.42. The van der Waals surface area contributed by atoms with Crippen molar-refractivity contribution in [1.29, 1.82) is 0 Å². The second kappa shape index (κ2) is 5.87. The Balaban J connectivity index is 2.27. The number of sulfonamides is 1. The monoisotopic (exact) mass is 304 g/mol. The molecule has 0 aromatic heterocycles. The molecule has 0 saturated carbocycles. The minimum Gasteiger partial charge on any atom is -0.398 e. The fourth-order valence-corrected chi connectivity index (χ4v) is 3.31. The number of nitrogen functional groups attached to an aromatic ring is 1. The summed E-state index contributed by atoms with van der Waals surface area (Å²) in [5.74, 6) is 0. The number of hydrogen-bond donors (Lipinski definition) is 2. The minimum absolute atomic E-state index is 0.138. The first-order valence-corrected chi connectivity index (χ1v) is 8.20. The Bertz CT molecular complexity index is 768. The molecule has 2 aromatic rings. The zero-order valence-electron chi connectivity index (χ0n) is 12.5. The summed E-state index contributed by atoms with van der Waals surface area (Å²) in [6.45, 7) is 5.98. The van der Waals surface area contributed by atoms with Crippen LogP contribution >= 0.6 is 0 Å². The molecule has 0 radical (unpaired) electrons. The molecule has 5 heteroatoms. The molecule has 0 saturated heterocycles. The maximum Gasteiger partial charge on any atom is 0.242 e. The highest BCUT2D eigenvalue weighted by atomic mass is 32.2. The molecule has 0 fully saturated rings. The van der Waals surface area contributed by atoms with E-state index in [-0.39, 0.29) is 17.1 Å². The van der Waals surface area contributed by atoms with Gasteiger partial charge in [0.25, 0.3) is 0 Å². The summed E-state index contributed by atoms with van der Waals surface area (Å²) >= 11 is 0. The van der Waals surface area contributed by atoms with Crippen molar-refractivity contribution < 1.29 is 8.42 Å². The predicted molar refractivity (Wildman–Crippen MR) is 85.5 cm³/mol. The minimum atomic E-state index is -3.62. The van der Waals surface area contributed by atoms with Crippen molar-refractivity contribution in [3.8, 4) is 0 Å². The lowest BCUT2D eigenvalue weighted by atomic mass is 10.1. The van der Waals surface area contributed by atoms with E-state index in [4.69, 9.17) is 5.73 Å². The van der Waals surface area contributed by atoms with Crippen LogP contribution in [0.2, 0.25) is 0 Å². The molecule has 0 spiro atoms. The van der Waals surface area contributed by atoms with Crippen LogP contribution in [0.3, 0.4) is 0 Å². The summed E-state index contributed by atoms with van der Waals surface area (Å²) < 4.78 is 27.4. The summed E-state index contributed by atoms with van der Waals surface area (Å²) in [6, 6.07) is 11.0. The summed E-state index contributed by atoms with van der Waals surface area (Å²) in [6.07, 6.45) is 0. The standard InChI is InChI=1S/C16H20N2O2S/c1-11-6-4-5-7-14(11)10-18-21(19,20)16-9-13(3)12(2)8-15(16)17/h4-9,18H,10,17H2,1-3H3. The Kier molecular flexibility index (Phi) is 4.34. The maximum absolute atomic E-state index is 12.4. The first-order valence-electron chi connectivity index (χ1n) is 6.72. The van der Waals surface area contributed by atoms with Gasteiger partial charge in [0.05, 0.1) is 5.69 Å². The Labute approximate surface area is 126 Å². The average molecular weight is 304 g/mol. The Morgan fingerprint density at radius 2 is 1.62 bits per heavy atom. The van der Waals surface area contributed by atoms with E-state index in [1.165, 1.54) is 0 Å². The molecule has 0 heterocycles. The lowest BCUT2D eigenvalue weighted by molar-refractivity contribution is 0.581. The SMILES string of the molecule is Cc1cc(N)c(S(=O)(=O)NCc2ccccc2C)cc1C. The summed E-state index contributed by atoms with van der Waals surface area (Å²) in [4.78, 5) is 0.138. The van der Waals surface area contributed by atoms with Crippen molar-refractivity contribution in [3.05, 3.63) is 58.7 Å². The van der Waals surface area contributed by atoms with Gasteiger partial charge in [-0.15, -0.1) is 0 Å². The highest BCUT2D eigenvalue weighted by Crippen LogP contribution is 2.22. The van der Waals surface area contributed by atoms with Gasteiger partial charge in [0, 0.05) is 6.54 Å². The molecule has 2 aromatic carbocycles. The van der Waals surface area contributed by atoms with Crippen LogP contribution in [0.15, 0.2) is 41.3 Å². The summed E-state index contributed by atoms with van der Waals surface area (Å²) in [5, 5.41) is 0. The van der Waals surface area contributed by atoms with Crippen LogP contribution < -0.4 is 10.5 Å². The molecule has 4 nitrogen and oxygen atoms in total. The summed E-state index contributed by atoms with van der Waals surface area (Å²) in [5.41, 5.74) is 10.0. The molecule has 2 rings (SSSR count). The van der Waals surface area contributed by atoms with E-state index >= 15 is 0 Å². The third kappa shape index (κ3) is 3.43. The number of hydrogen-bond acceptors (Lipinski definition) is 3. The van der Waals surface area contributed by atoms with Gasteiger partial charge in [0.2, 0.25) is 10.0 Å². The second-order valence-corrected chi connectivity index (χ2v) is 6.96. The van der Waals surface area contributed by atoms with Crippen molar-refractivity contribution in [1.82, 2.24) is 4.72 Å². The first-order chi connectivity index (χ1) is 9.81. The number of rotatable bonds is 4. The lowest BCUT2D eigenvalue weighted by Crippen LogP contribution is -2.24. The number of nitrogens with one attached hydrogen (secondary N) is 1. The van der Waals surface area contributed by atoms with Crippen LogP contribution in [0.5, 0.6) is 0 Å². The van der Waals surface area contributed by atoms with Gasteiger partial charge in [-0.3, -0.25) is 0 Å². The summed E-state index contributed by atoms with van der Waals surface area (Å²) in [7, 11) is -3.62. The topological polar surface area (TPSA) is 72.2 Å². The fourth-order valence-electron chi connectivity index (χ4n) is 2.10. The highest BCUT2D eigenvalue weighted by molar-refractivity contribution is 7.89. The van der Waals surface area contributed by atoms with Crippen molar-refractivity contribution in [3.63, 3.8) is 0 Å². The van der Waals surface area contributed by atoms with Crippen molar-refractivity contribution in [2.75, 3.05) is 5.73 Å². The van der Waals surface area contributed by atoms with Crippen LogP contribution in [0.4, 0.5) is 5.69 Å². The maximum atomic E-state index is 12.4. The van der Waals surface area contributed by atoms with Gasteiger partial charge in [0.15, 0.2) is 0 Å². The van der Waals surface area contributed by atoms with Crippen molar-refractivity contribution >= 4 is 15.7 Å².